The molecule has 1 N–H and O–H groups in total. The van der Waals surface area contributed by atoms with Gasteiger partial charge in [-0.2, -0.15) is 0 Å². The SMILES string of the molecule is CC[C@H]1C[C@H](OC(C)=O)[C@@]2(C)CC[C@H]3[C@@H](CC=C4C[C@@H](OC(C)=O)CC[C@@]43CO)[C@H]12. The summed E-state index contributed by atoms with van der Waals surface area (Å²) >= 11 is 0. The van der Waals surface area contributed by atoms with Crippen molar-refractivity contribution >= 4 is 11.9 Å². The lowest BCUT2D eigenvalue weighted by molar-refractivity contribution is -0.158. The summed E-state index contributed by atoms with van der Waals surface area (Å²) in [6, 6.07) is 0. The van der Waals surface area contributed by atoms with E-state index in [-0.39, 0.29) is 41.6 Å². The second-order valence-electron chi connectivity index (χ2n) is 10.6. The van der Waals surface area contributed by atoms with Gasteiger partial charge >= 0.3 is 11.9 Å². The second-order valence-corrected chi connectivity index (χ2v) is 10.6. The Labute approximate surface area is 180 Å². The van der Waals surface area contributed by atoms with E-state index in [0.717, 1.165) is 51.4 Å². The minimum atomic E-state index is -0.215. The molecule has 0 aromatic rings. The Balaban J connectivity index is 1.64. The number of carbonyl (C=O) groups is 2. The van der Waals surface area contributed by atoms with Gasteiger partial charge in [-0.15, -0.1) is 0 Å². The monoisotopic (exact) mass is 418 g/mol. The molecule has 8 atom stereocenters. The molecule has 0 unspecified atom stereocenters. The molecule has 5 heteroatoms. The van der Waals surface area contributed by atoms with Crippen LogP contribution in [0.3, 0.4) is 0 Å². The van der Waals surface area contributed by atoms with E-state index in [1.165, 1.54) is 19.4 Å². The van der Waals surface area contributed by atoms with E-state index < -0.39 is 0 Å². The summed E-state index contributed by atoms with van der Waals surface area (Å²) in [5.41, 5.74) is 1.18. The number of allylic oxidation sites excluding steroid dienone is 1. The van der Waals surface area contributed by atoms with Crippen LogP contribution in [0.4, 0.5) is 0 Å². The van der Waals surface area contributed by atoms with Crippen molar-refractivity contribution in [1.29, 1.82) is 0 Å². The van der Waals surface area contributed by atoms with Crippen LogP contribution in [0.15, 0.2) is 11.6 Å². The quantitative estimate of drug-likeness (QED) is 0.540. The molecule has 4 aliphatic carbocycles. The molecule has 30 heavy (non-hydrogen) atoms. The second kappa shape index (κ2) is 7.96. The Morgan fingerprint density at radius 1 is 1.17 bits per heavy atom. The van der Waals surface area contributed by atoms with Gasteiger partial charge in [0.15, 0.2) is 0 Å². The number of hydrogen-bond donors (Lipinski definition) is 1. The summed E-state index contributed by atoms with van der Waals surface area (Å²) in [6.45, 7) is 7.80. The molecule has 3 fully saturated rings. The van der Waals surface area contributed by atoms with Gasteiger partial charge in [-0.05, 0) is 62.2 Å². The number of fused-ring (bicyclic) bond motifs is 5. The first-order valence-electron chi connectivity index (χ1n) is 11.9. The molecule has 5 nitrogen and oxygen atoms in total. The Morgan fingerprint density at radius 2 is 1.90 bits per heavy atom. The topological polar surface area (TPSA) is 72.8 Å². The van der Waals surface area contributed by atoms with Gasteiger partial charge < -0.3 is 14.6 Å². The molecule has 0 aromatic carbocycles. The molecule has 0 spiro atoms. The third kappa shape index (κ3) is 3.32. The van der Waals surface area contributed by atoms with Crippen molar-refractivity contribution < 1.29 is 24.2 Å². The van der Waals surface area contributed by atoms with Gasteiger partial charge in [-0.1, -0.05) is 31.9 Å². The van der Waals surface area contributed by atoms with Crippen LogP contribution in [0.1, 0.15) is 79.1 Å². The van der Waals surface area contributed by atoms with Crippen LogP contribution in [-0.2, 0) is 19.1 Å². The van der Waals surface area contributed by atoms with E-state index in [1.54, 1.807) is 0 Å². The van der Waals surface area contributed by atoms with Gasteiger partial charge in [0.25, 0.3) is 0 Å². The highest BCUT2D eigenvalue weighted by molar-refractivity contribution is 5.66. The zero-order valence-electron chi connectivity index (χ0n) is 19.0. The van der Waals surface area contributed by atoms with E-state index in [2.05, 4.69) is 19.9 Å². The largest absolute Gasteiger partial charge is 0.462 e. The summed E-state index contributed by atoms with van der Waals surface area (Å²) in [6.07, 6.45) is 10.0. The van der Waals surface area contributed by atoms with Crippen molar-refractivity contribution in [3.8, 4) is 0 Å². The molecule has 3 saturated carbocycles. The zero-order chi connectivity index (χ0) is 21.7. The number of aliphatic hydroxyl groups is 1. The van der Waals surface area contributed by atoms with Crippen LogP contribution >= 0.6 is 0 Å². The van der Waals surface area contributed by atoms with Crippen molar-refractivity contribution in [3.05, 3.63) is 11.6 Å². The lowest BCUT2D eigenvalue weighted by Gasteiger charge is -2.59. The fourth-order valence-electron chi connectivity index (χ4n) is 8.09. The van der Waals surface area contributed by atoms with E-state index in [9.17, 15) is 14.7 Å². The highest BCUT2D eigenvalue weighted by Crippen LogP contribution is 2.67. The summed E-state index contributed by atoms with van der Waals surface area (Å²) in [7, 11) is 0. The number of ether oxygens (including phenoxy) is 2. The maximum absolute atomic E-state index is 11.8. The average Bonchev–Trinajstić information content (AvgIpc) is 2.98. The first-order valence-corrected chi connectivity index (χ1v) is 11.9. The minimum absolute atomic E-state index is 0.0149. The molecule has 0 aromatic heterocycles. The number of aliphatic hydroxyl groups excluding tert-OH is 1. The Kier molecular flexibility index (Phi) is 5.80. The van der Waals surface area contributed by atoms with Gasteiger partial charge in [-0.3, -0.25) is 9.59 Å². The fourth-order valence-corrected chi connectivity index (χ4v) is 8.09. The molecular weight excluding hydrogens is 380 g/mol. The van der Waals surface area contributed by atoms with Crippen LogP contribution < -0.4 is 0 Å². The van der Waals surface area contributed by atoms with Gasteiger partial charge in [0.1, 0.15) is 12.2 Å². The Hall–Kier alpha value is -1.36. The maximum Gasteiger partial charge on any atom is 0.302 e. The predicted molar refractivity (Wildman–Crippen MR) is 113 cm³/mol. The number of hydrogen-bond acceptors (Lipinski definition) is 5. The fraction of sp³-hybridized carbons (Fsp3) is 0.840. The van der Waals surface area contributed by atoms with Gasteiger partial charge in [-0.25, -0.2) is 0 Å². The number of rotatable bonds is 4. The minimum Gasteiger partial charge on any atom is -0.462 e. The summed E-state index contributed by atoms with van der Waals surface area (Å²) < 4.78 is 11.4. The van der Waals surface area contributed by atoms with Crippen LogP contribution in [-0.4, -0.2) is 35.9 Å². The molecule has 0 bridgehead atoms. The van der Waals surface area contributed by atoms with Gasteiger partial charge in [0.2, 0.25) is 0 Å². The summed E-state index contributed by atoms with van der Waals surface area (Å²) in [5.74, 6) is 1.69. The summed E-state index contributed by atoms with van der Waals surface area (Å²) in [5, 5.41) is 10.7. The van der Waals surface area contributed by atoms with E-state index in [4.69, 9.17) is 9.47 Å². The lowest BCUT2D eigenvalue weighted by atomic mass is 9.46. The first kappa shape index (κ1) is 21.9. The lowest BCUT2D eigenvalue weighted by Crippen LogP contribution is -2.54. The molecule has 4 aliphatic rings. The van der Waals surface area contributed by atoms with Crippen LogP contribution in [0.25, 0.3) is 0 Å². The highest BCUT2D eigenvalue weighted by atomic mass is 16.5. The van der Waals surface area contributed by atoms with Gasteiger partial charge in [0, 0.05) is 31.1 Å². The van der Waals surface area contributed by atoms with E-state index in [0.29, 0.717) is 23.7 Å². The number of esters is 2. The van der Waals surface area contributed by atoms with Crippen LogP contribution in [0, 0.1) is 34.5 Å². The normalized spacial score (nSPS) is 44.9. The third-order valence-corrected chi connectivity index (χ3v) is 9.29. The third-order valence-electron chi connectivity index (χ3n) is 9.29. The average molecular weight is 419 g/mol. The summed E-state index contributed by atoms with van der Waals surface area (Å²) in [4.78, 5) is 23.2. The molecule has 168 valence electrons. The first-order chi connectivity index (χ1) is 14.2. The van der Waals surface area contributed by atoms with Crippen LogP contribution in [0.2, 0.25) is 0 Å². The van der Waals surface area contributed by atoms with E-state index in [1.807, 2.05) is 0 Å². The number of carbonyl (C=O) groups excluding carboxylic acids is 2. The molecule has 0 saturated heterocycles. The molecule has 4 rings (SSSR count). The van der Waals surface area contributed by atoms with Crippen molar-refractivity contribution in [3.63, 3.8) is 0 Å². The zero-order valence-corrected chi connectivity index (χ0v) is 19.0. The molecule has 0 heterocycles. The molecular formula is C25H38O5. The van der Waals surface area contributed by atoms with Crippen molar-refractivity contribution in [2.24, 2.45) is 34.5 Å². The van der Waals surface area contributed by atoms with E-state index >= 15 is 0 Å². The smallest absolute Gasteiger partial charge is 0.302 e. The van der Waals surface area contributed by atoms with Gasteiger partial charge in [0.05, 0.1) is 6.61 Å². The van der Waals surface area contributed by atoms with Crippen molar-refractivity contribution in [1.82, 2.24) is 0 Å². The van der Waals surface area contributed by atoms with Crippen molar-refractivity contribution in [2.45, 2.75) is 91.3 Å². The predicted octanol–water partition coefficient (Wildman–Crippen LogP) is 4.42. The molecule has 0 aliphatic heterocycles. The Bertz CT molecular complexity index is 729. The molecule has 0 amide bonds. The maximum atomic E-state index is 11.8. The standard InChI is InChI=1S/C25H38O5/c1-5-17-12-22(30-16(3)28)24(4)10-9-21-20(23(17)24)7-6-18-13-19(29-15(2)27)8-11-25(18,21)14-26/h6,17,19-23,26H,5,7-14H2,1-4H3/t17-,19-,20+,21-,22-,23-,24+,25+/m0/s1. The van der Waals surface area contributed by atoms with Crippen molar-refractivity contribution in [2.75, 3.05) is 6.61 Å². The van der Waals surface area contributed by atoms with Crippen LogP contribution in [0.5, 0.6) is 0 Å². The Morgan fingerprint density at radius 3 is 2.53 bits per heavy atom. The highest BCUT2D eigenvalue weighted by Gasteiger charge is 2.63. The molecule has 0 radical (unpaired) electrons.